The smallest absolute Gasteiger partial charge is 0.393 e. The number of nitrogen functional groups attached to an aromatic ring is 1. The van der Waals surface area contributed by atoms with Crippen molar-refractivity contribution in [3.63, 3.8) is 0 Å². The number of nitrogens with one attached hydrogen (secondary N) is 2. The molecule has 68 heavy (non-hydrogen) atoms. The van der Waals surface area contributed by atoms with E-state index in [-0.39, 0.29) is 53.8 Å². The van der Waals surface area contributed by atoms with Gasteiger partial charge in [0.05, 0.1) is 25.6 Å². The normalized spacial score (nSPS) is 20.4. The minimum atomic E-state index is -5.59. The van der Waals surface area contributed by atoms with Crippen molar-refractivity contribution in [1.29, 1.82) is 0 Å². The predicted molar refractivity (Wildman–Crippen MR) is 248 cm³/mol. The molecule has 1 fully saturated rings. The van der Waals surface area contributed by atoms with Crippen molar-refractivity contribution in [1.82, 2.24) is 30.2 Å². The van der Waals surface area contributed by atoms with Gasteiger partial charge in [0, 0.05) is 37.1 Å². The number of carbonyl (C=O) groups is 3. The van der Waals surface area contributed by atoms with Crippen LogP contribution in [0.5, 0.6) is 0 Å². The maximum absolute atomic E-state index is 12.7. The number of fused-ring (bicyclic) bond motifs is 1. The SMILES string of the molecule is CCCCCCCCCCCCCCCC(O)CC(=O)SCCNC(=O)CCNC(=O)[C@H](O)C(C)(C)COP(=O)(O)OP(=O)(O)OC[C@H]1O[C@@H](n2cnc3c(N)ncnc32)C(O)C1OP(=O)(O)O. The van der Waals surface area contributed by atoms with E-state index in [0.717, 1.165) is 48.2 Å². The van der Waals surface area contributed by atoms with Crippen molar-refractivity contribution in [2.45, 2.75) is 160 Å². The number of phosphoric acid groups is 3. The highest BCUT2D eigenvalue weighted by Gasteiger charge is 2.50. The topological polar surface area (TPSA) is 384 Å². The van der Waals surface area contributed by atoms with Crippen molar-refractivity contribution in [2.75, 3.05) is 37.8 Å². The molecule has 0 spiro atoms. The molecule has 0 saturated carbocycles. The van der Waals surface area contributed by atoms with Gasteiger partial charge in [-0.2, -0.15) is 4.31 Å². The molecule has 3 heterocycles. The number of rotatable bonds is 35. The molecule has 2 aromatic heterocycles. The monoisotopic (exact) mass is 1050 g/mol. The number of aliphatic hydroxyl groups excluding tert-OH is 3. The lowest BCUT2D eigenvalue weighted by Gasteiger charge is -2.30. The van der Waals surface area contributed by atoms with Crippen molar-refractivity contribution < 1.29 is 85.6 Å². The molecule has 5 unspecified atom stereocenters. The number of phosphoric ester groups is 3. The Morgan fingerprint density at radius 1 is 0.882 bits per heavy atom. The number of anilines is 1. The lowest BCUT2D eigenvalue weighted by Crippen LogP contribution is -2.46. The predicted octanol–water partition coefficient (Wildman–Crippen LogP) is 3.90. The highest BCUT2D eigenvalue weighted by Crippen LogP contribution is 2.61. The second kappa shape index (κ2) is 29.1. The van der Waals surface area contributed by atoms with E-state index in [2.05, 4.69) is 41.3 Å². The molecule has 390 valence electrons. The van der Waals surface area contributed by atoms with Gasteiger partial charge in [0.2, 0.25) is 11.8 Å². The van der Waals surface area contributed by atoms with Crippen molar-refractivity contribution in [3.05, 3.63) is 12.7 Å². The third-order valence-corrected chi connectivity index (χ3v) is 14.8. The van der Waals surface area contributed by atoms with E-state index in [9.17, 15) is 63.0 Å². The lowest BCUT2D eigenvalue weighted by molar-refractivity contribution is -0.137. The van der Waals surface area contributed by atoms with Crippen LogP contribution in [0, 0.1) is 5.41 Å². The summed E-state index contributed by atoms with van der Waals surface area (Å²) in [6, 6.07) is 0. The van der Waals surface area contributed by atoms with E-state index in [1.54, 1.807) is 0 Å². The molecule has 2 aromatic rings. The summed E-state index contributed by atoms with van der Waals surface area (Å²) in [5.74, 6) is -1.21. The van der Waals surface area contributed by atoms with Gasteiger partial charge in [0.15, 0.2) is 22.8 Å². The van der Waals surface area contributed by atoms with E-state index in [4.69, 9.17) is 19.5 Å². The number of amides is 2. The van der Waals surface area contributed by atoms with Gasteiger partial charge in [0.25, 0.3) is 0 Å². The first-order valence-electron chi connectivity index (χ1n) is 22.7. The largest absolute Gasteiger partial charge is 0.481 e. The first-order chi connectivity index (χ1) is 31.9. The average Bonchev–Trinajstić information content (AvgIpc) is 3.82. The maximum Gasteiger partial charge on any atom is 0.481 e. The van der Waals surface area contributed by atoms with Crippen LogP contribution in [0.3, 0.4) is 0 Å². The number of nitrogens with two attached hydrogens (primary N) is 1. The molecule has 0 aliphatic carbocycles. The van der Waals surface area contributed by atoms with Gasteiger partial charge >= 0.3 is 23.5 Å². The van der Waals surface area contributed by atoms with Crippen LogP contribution in [0.4, 0.5) is 5.82 Å². The molecular formula is C39H70N7O18P3S. The summed E-state index contributed by atoms with van der Waals surface area (Å²) in [5, 5.41) is 36.6. The van der Waals surface area contributed by atoms with Crippen LogP contribution < -0.4 is 16.4 Å². The summed E-state index contributed by atoms with van der Waals surface area (Å²) >= 11 is 1.00. The molecule has 3 rings (SSSR count). The number of carbonyl (C=O) groups excluding carboxylic acids is 3. The Kier molecular flexibility index (Phi) is 25.6. The molecule has 8 atom stereocenters. The van der Waals surface area contributed by atoms with Crippen LogP contribution in [0.1, 0.15) is 130 Å². The summed E-state index contributed by atoms with van der Waals surface area (Å²) in [4.78, 5) is 88.4. The second-order valence-corrected chi connectivity index (χ2v) is 22.6. The molecule has 0 radical (unpaired) electrons. The number of hydrogen-bond donors (Lipinski definition) is 10. The fourth-order valence-corrected chi connectivity index (χ4v) is 10.6. The number of nitrogens with zero attached hydrogens (tertiary/aromatic N) is 4. The molecule has 1 saturated heterocycles. The number of aromatic nitrogens is 4. The molecule has 1 aliphatic rings. The lowest BCUT2D eigenvalue weighted by atomic mass is 9.87. The zero-order valence-electron chi connectivity index (χ0n) is 38.7. The van der Waals surface area contributed by atoms with E-state index < -0.39 is 90.7 Å². The molecule has 29 heteroatoms. The molecule has 0 aromatic carbocycles. The standard InChI is InChI=1S/C39H70N7O18P3S/c1-4-5-6-7-8-9-10-11-12-13-14-15-16-17-27(47)22-30(49)68-21-20-41-29(48)18-19-42-37(52)34(51)39(2,3)24-61-67(58,59)64-66(56,57)60-23-28-33(63-65(53,54)55)32(50)38(62-28)46-26-45-31-35(40)43-25-44-36(31)46/h25-28,32-34,38,47,50-51H,4-24H2,1-3H3,(H,41,48)(H,42,52)(H,56,57)(H,58,59)(H2,40,43,44)(H2,53,54,55)/t27?,28-,32?,33?,34+,38-/m1/s1. The summed E-state index contributed by atoms with van der Waals surface area (Å²) in [6.45, 7) is 2.63. The Labute approximate surface area is 399 Å². The number of ether oxygens (including phenoxy) is 1. The highest BCUT2D eigenvalue weighted by atomic mass is 32.2. The van der Waals surface area contributed by atoms with Gasteiger partial charge in [-0.05, 0) is 6.42 Å². The molecule has 2 amide bonds. The zero-order valence-corrected chi connectivity index (χ0v) is 42.2. The molecule has 11 N–H and O–H groups in total. The number of aliphatic hydroxyl groups is 3. The van der Waals surface area contributed by atoms with Gasteiger partial charge in [-0.25, -0.2) is 28.6 Å². The van der Waals surface area contributed by atoms with Crippen molar-refractivity contribution in [3.8, 4) is 0 Å². The minimum absolute atomic E-state index is 0.0265. The van der Waals surface area contributed by atoms with Crippen LogP contribution in [-0.4, -0.2) is 134 Å². The summed E-state index contributed by atoms with van der Waals surface area (Å²) in [5.41, 5.74) is 4.26. The Morgan fingerprint density at radius 2 is 1.49 bits per heavy atom. The third-order valence-electron chi connectivity index (χ3n) is 10.8. The van der Waals surface area contributed by atoms with Crippen molar-refractivity contribution in [2.24, 2.45) is 5.41 Å². The summed E-state index contributed by atoms with van der Waals surface area (Å²) < 4.78 is 62.4. The Morgan fingerprint density at radius 3 is 2.10 bits per heavy atom. The Balaban J connectivity index is 1.31. The first kappa shape index (κ1) is 59.8. The van der Waals surface area contributed by atoms with E-state index in [1.165, 1.54) is 78.1 Å². The van der Waals surface area contributed by atoms with Crippen LogP contribution >= 0.6 is 35.2 Å². The zero-order chi connectivity index (χ0) is 50.5. The van der Waals surface area contributed by atoms with E-state index in [1.807, 2.05) is 0 Å². The first-order valence-corrected chi connectivity index (χ1v) is 28.2. The van der Waals surface area contributed by atoms with Gasteiger partial charge in [-0.15, -0.1) is 0 Å². The molecule has 25 nitrogen and oxygen atoms in total. The maximum atomic E-state index is 12.7. The number of hydrogen-bond acceptors (Lipinski definition) is 19. The van der Waals surface area contributed by atoms with Gasteiger partial charge in [-0.3, -0.25) is 32.5 Å². The van der Waals surface area contributed by atoms with Gasteiger partial charge < -0.3 is 56.0 Å². The average molecular weight is 1050 g/mol. The van der Waals surface area contributed by atoms with Gasteiger partial charge in [0.1, 0.15) is 36.3 Å². The number of imidazole rings is 1. The minimum Gasteiger partial charge on any atom is -0.393 e. The fraction of sp³-hybridized carbons (Fsp3) is 0.795. The summed E-state index contributed by atoms with van der Waals surface area (Å²) in [6.07, 6.45) is 8.81. The highest BCUT2D eigenvalue weighted by molar-refractivity contribution is 8.13. The molecule has 1 aliphatic heterocycles. The number of unbranched alkanes of at least 4 members (excludes halogenated alkanes) is 12. The third kappa shape index (κ3) is 21.9. The van der Waals surface area contributed by atoms with Crippen LogP contribution in [0.2, 0.25) is 0 Å². The van der Waals surface area contributed by atoms with E-state index in [0.29, 0.717) is 6.42 Å². The Bertz CT molecular complexity index is 2030. The molecular weight excluding hydrogens is 979 g/mol. The second-order valence-electron chi connectivity index (χ2n) is 17.2. The summed E-state index contributed by atoms with van der Waals surface area (Å²) in [7, 11) is -16.4. The quantitative estimate of drug-likeness (QED) is 0.0346. The van der Waals surface area contributed by atoms with Crippen molar-refractivity contribution >= 4 is 69.1 Å². The van der Waals surface area contributed by atoms with Crippen LogP contribution in [0.15, 0.2) is 12.7 Å². The number of thioether (sulfide) groups is 1. The molecule has 0 bridgehead atoms. The van der Waals surface area contributed by atoms with Crippen LogP contribution in [0.25, 0.3) is 11.2 Å². The fourth-order valence-electron chi connectivity index (χ4n) is 7.05. The van der Waals surface area contributed by atoms with Crippen LogP contribution in [-0.2, 0) is 50.7 Å². The Hall–Kier alpha value is -2.48. The van der Waals surface area contributed by atoms with E-state index >= 15 is 0 Å². The van der Waals surface area contributed by atoms with Gasteiger partial charge in [-0.1, -0.05) is 116 Å².